The minimum atomic E-state index is 0.457. The summed E-state index contributed by atoms with van der Waals surface area (Å²) in [4.78, 5) is 3.75. The van der Waals surface area contributed by atoms with Crippen molar-refractivity contribution in [1.29, 1.82) is 0 Å². The van der Waals surface area contributed by atoms with Crippen LogP contribution in [0.1, 0.15) is 12.5 Å². The van der Waals surface area contributed by atoms with Crippen molar-refractivity contribution in [3.8, 4) is 0 Å². The van der Waals surface area contributed by atoms with Crippen LogP contribution < -0.4 is 11.1 Å². The highest BCUT2D eigenvalue weighted by molar-refractivity contribution is 7.99. The number of thiocarbonyl (C=S) groups is 1. The Labute approximate surface area is 119 Å². The Kier molecular flexibility index (Phi) is 6.46. The van der Waals surface area contributed by atoms with E-state index in [0.29, 0.717) is 4.99 Å². The number of nitrogens with two attached hydrogens (primary N) is 1. The summed E-state index contributed by atoms with van der Waals surface area (Å²) in [5, 5.41) is 3.40. The average Bonchev–Trinajstić information content (AvgIpc) is 2.28. The van der Waals surface area contributed by atoms with E-state index in [9.17, 15) is 0 Å². The Hall–Kier alpha value is -0.780. The zero-order valence-corrected chi connectivity index (χ0v) is 12.8. The molecule has 0 saturated heterocycles. The number of anilines is 1. The maximum absolute atomic E-state index is 5.84. The first-order valence-electron chi connectivity index (χ1n) is 6.00. The van der Waals surface area contributed by atoms with Crippen LogP contribution in [0.25, 0.3) is 0 Å². The summed E-state index contributed by atoms with van der Waals surface area (Å²) in [5.41, 5.74) is 7.85. The number of nitrogens with zero attached hydrogens (tertiary/aromatic N) is 1. The molecule has 100 valence electrons. The van der Waals surface area contributed by atoms with Gasteiger partial charge >= 0.3 is 0 Å². The number of hydrogen-bond donors (Lipinski definition) is 2. The molecule has 0 unspecified atom stereocenters. The van der Waals surface area contributed by atoms with Crippen LogP contribution in [0.4, 0.5) is 5.69 Å². The van der Waals surface area contributed by atoms with Crippen LogP contribution in [-0.4, -0.2) is 42.8 Å². The number of thioether (sulfide) groups is 1. The van der Waals surface area contributed by atoms with Gasteiger partial charge in [0, 0.05) is 29.2 Å². The van der Waals surface area contributed by atoms with E-state index < -0.39 is 0 Å². The first-order chi connectivity index (χ1) is 8.56. The van der Waals surface area contributed by atoms with E-state index >= 15 is 0 Å². The lowest BCUT2D eigenvalue weighted by Crippen LogP contribution is -2.22. The van der Waals surface area contributed by atoms with E-state index in [1.165, 1.54) is 0 Å². The summed E-state index contributed by atoms with van der Waals surface area (Å²) >= 11 is 6.93. The highest BCUT2D eigenvalue weighted by Gasteiger charge is 2.10. The Morgan fingerprint density at radius 3 is 2.72 bits per heavy atom. The molecular formula is C13H21N3S2. The molecule has 0 amide bonds. The molecule has 0 spiro atoms. The van der Waals surface area contributed by atoms with E-state index in [-0.39, 0.29) is 0 Å². The average molecular weight is 283 g/mol. The molecule has 1 aromatic carbocycles. The van der Waals surface area contributed by atoms with Crippen molar-refractivity contribution in [2.24, 2.45) is 5.73 Å². The van der Waals surface area contributed by atoms with Gasteiger partial charge in [-0.2, -0.15) is 0 Å². The molecule has 0 radical (unpaired) electrons. The second-order valence-electron chi connectivity index (χ2n) is 4.21. The van der Waals surface area contributed by atoms with Crippen LogP contribution in [-0.2, 0) is 0 Å². The lowest BCUT2D eigenvalue weighted by atomic mass is 10.1. The van der Waals surface area contributed by atoms with E-state index in [4.69, 9.17) is 18.0 Å². The predicted octanol–water partition coefficient (Wildman–Crippen LogP) is 2.41. The molecule has 0 heterocycles. The maximum atomic E-state index is 5.84. The fraction of sp³-hybridized carbons (Fsp3) is 0.462. The number of benzene rings is 1. The van der Waals surface area contributed by atoms with Gasteiger partial charge in [-0.05, 0) is 32.0 Å². The quantitative estimate of drug-likeness (QED) is 0.594. The largest absolute Gasteiger partial charge is 0.389 e. The SMILES string of the molecule is CCSc1cccc(NCCN(C)C)c1C(N)=S. The van der Waals surface area contributed by atoms with Gasteiger partial charge in [-0.1, -0.05) is 25.2 Å². The fourth-order valence-corrected chi connectivity index (χ4v) is 2.76. The summed E-state index contributed by atoms with van der Waals surface area (Å²) in [5.74, 6) is 1.01. The Morgan fingerprint density at radius 1 is 1.44 bits per heavy atom. The molecular weight excluding hydrogens is 262 g/mol. The lowest BCUT2D eigenvalue weighted by Gasteiger charge is -2.16. The summed E-state index contributed by atoms with van der Waals surface area (Å²) in [6.07, 6.45) is 0. The van der Waals surface area contributed by atoms with Gasteiger partial charge in [0.25, 0.3) is 0 Å². The summed E-state index contributed by atoms with van der Waals surface area (Å²) in [6.45, 7) is 3.98. The van der Waals surface area contributed by atoms with Gasteiger partial charge in [0.05, 0.1) is 0 Å². The molecule has 0 saturated carbocycles. The highest BCUT2D eigenvalue weighted by atomic mass is 32.2. The molecule has 18 heavy (non-hydrogen) atoms. The van der Waals surface area contributed by atoms with Gasteiger partial charge in [-0.3, -0.25) is 0 Å². The third kappa shape index (κ3) is 4.48. The van der Waals surface area contributed by atoms with Crippen molar-refractivity contribution in [2.75, 3.05) is 38.3 Å². The van der Waals surface area contributed by atoms with E-state index in [1.807, 2.05) is 12.1 Å². The van der Waals surface area contributed by atoms with E-state index in [0.717, 1.165) is 35.0 Å². The molecule has 5 heteroatoms. The van der Waals surface area contributed by atoms with Crippen LogP contribution in [0.2, 0.25) is 0 Å². The summed E-state index contributed by atoms with van der Waals surface area (Å²) in [6, 6.07) is 6.14. The molecule has 3 nitrogen and oxygen atoms in total. The van der Waals surface area contributed by atoms with Crippen molar-refractivity contribution in [3.05, 3.63) is 23.8 Å². The molecule has 0 aliphatic rings. The standard InChI is InChI=1S/C13H21N3S2/c1-4-18-11-7-5-6-10(12(11)13(14)17)15-8-9-16(2)3/h5-7,15H,4,8-9H2,1-3H3,(H2,14,17). The molecule has 0 fully saturated rings. The van der Waals surface area contributed by atoms with Crippen LogP contribution in [0.3, 0.4) is 0 Å². The fourth-order valence-electron chi connectivity index (χ4n) is 1.62. The van der Waals surface area contributed by atoms with Gasteiger partial charge in [-0.15, -0.1) is 11.8 Å². The van der Waals surface area contributed by atoms with Gasteiger partial charge in [0.2, 0.25) is 0 Å². The van der Waals surface area contributed by atoms with E-state index in [2.05, 4.69) is 37.3 Å². The molecule has 0 atom stereocenters. The molecule has 0 aliphatic heterocycles. The summed E-state index contributed by atoms with van der Waals surface area (Å²) < 4.78 is 0. The Balaban J connectivity index is 2.88. The highest BCUT2D eigenvalue weighted by Crippen LogP contribution is 2.28. The monoisotopic (exact) mass is 283 g/mol. The van der Waals surface area contributed by atoms with Crippen molar-refractivity contribution >= 4 is 34.7 Å². The van der Waals surface area contributed by atoms with E-state index in [1.54, 1.807) is 11.8 Å². The number of rotatable bonds is 7. The van der Waals surface area contributed by atoms with Gasteiger partial charge < -0.3 is 16.0 Å². The number of nitrogens with one attached hydrogen (secondary N) is 1. The van der Waals surface area contributed by atoms with Crippen molar-refractivity contribution < 1.29 is 0 Å². The van der Waals surface area contributed by atoms with Crippen molar-refractivity contribution in [3.63, 3.8) is 0 Å². The van der Waals surface area contributed by atoms with Crippen LogP contribution in [0, 0.1) is 0 Å². The molecule has 0 aliphatic carbocycles. The predicted molar refractivity (Wildman–Crippen MR) is 85.8 cm³/mol. The molecule has 0 bridgehead atoms. The molecule has 3 N–H and O–H groups in total. The third-order valence-electron chi connectivity index (χ3n) is 2.45. The van der Waals surface area contributed by atoms with Crippen LogP contribution in [0.5, 0.6) is 0 Å². The minimum absolute atomic E-state index is 0.457. The number of hydrogen-bond acceptors (Lipinski definition) is 4. The Morgan fingerprint density at radius 2 is 2.17 bits per heavy atom. The zero-order chi connectivity index (χ0) is 13.5. The second-order valence-corrected chi connectivity index (χ2v) is 5.95. The first-order valence-corrected chi connectivity index (χ1v) is 7.39. The zero-order valence-electron chi connectivity index (χ0n) is 11.2. The van der Waals surface area contributed by atoms with Gasteiger partial charge in [-0.25, -0.2) is 0 Å². The maximum Gasteiger partial charge on any atom is 0.107 e. The summed E-state index contributed by atoms with van der Waals surface area (Å²) in [7, 11) is 4.11. The lowest BCUT2D eigenvalue weighted by molar-refractivity contribution is 0.425. The van der Waals surface area contributed by atoms with Crippen LogP contribution in [0.15, 0.2) is 23.1 Å². The van der Waals surface area contributed by atoms with Crippen molar-refractivity contribution in [1.82, 2.24) is 4.90 Å². The molecule has 1 aromatic rings. The number of likely N-dealkylation sites (N-methyl/N-ethyl adjacent to an activating group) is 1. The Bertz CT molecular complexity index is 405. The van der Waals surface area contributed by atoms with Crippen molar-refractivity contribution in [2.45, 2.75) is 11.8 Å². The normalized spacial score (nSPS) is 10.7. The minimum Gasteiger partial charge on any atom is -0.389 e. The topological polar surface area (TPSA) is 41.3 Å². The molecule has 0 aromatic heterocycles. The van der Waals surface area contributed by atoms with Gasteiger partial charge in [0.15, 0.2) is 0 Å². The first kappa shape index (κ1) is 15.3. The molecule has 1 rings (SSSR count). The third-order valence-corrected chi connectivity index (χ3v) is 3.59. The smallest absolute Gasteiger partial charge is 0.107 e. The second kappa shape index (κ2) is 7.61. The van der Waals surface area contributed by atoms with Gasteiger partial charge in [0.1, 0.15) is 4.99 Å². The van der Waals surface area contributed by atoms with Crippen LogP contribution >= 0.6 is 24.0 Å².